The van der Waals surface area contributed by atoms with Crippen LogP contribution < -0.4 is 4.84 Å². The molecule has 0 saturated carbocycles. The van der Waals surface area contributed by atoms with Gasteiger partial charge in [0, 0.05) is 22.7 Å². The molecule has 0 amide bonds. The molecule has 0 unspecified atom stereocenters. The average molecular weight is 184 g/mol. The number of aromatic nitrogens is 1. The van der Waals surface area contributed by atoms with E-state index in [0.717, 1.165) is 22.2 Å². The highest BCUT2D eigenvalue weighted by Crippen LogP contribution is 2.29. The molecule has 3 nitrogen and oxygen atoms in total. The van der Waals surface area contributed by atoms with Crippen LogP contribution in [0.1, 0.15) is 5.56 Å². The quantitative estimate of drug-likeness (QED) is 0.671. The zero-order valence-corrected chi connectivity index (χ0v) is 7.40. The van der Waals surface area contributed by atoms with Gasteiger partial charge >= 0.3 is 0 Å². The van der Waals surface area contributed by atoms with Crippen molar-refractivity contribution in [2.45, 2.75) is 0 Å². The largest absolute Gasteiger partial charge is 0.361 e. The van der Waals surface area contributed by atoms with Crippen molar-refractivity contribution in [3.63, 3.8) is 0 Å². The average Bonchev–Trinajstić information content (AvgIpc) is 2.55. The van der Waals surface area contributed by atoms with Crippen LogP contribution >= 0.6 is 0 Å². The fourth-order valence-electron chi connectivity index (χ4n) is 1.65. The standard InChI is InChI=1S/C11H8N2O/c1-2-9-8-5-7-12-10(8)3-4-11(9)14-13-6-1/h1-7,12H. The second-order valence-electron chi connectivity index (χ2n) is 3.12. The Morgan fingerprint density at radius 2 is 2.21 bits per heavy atom. The van der Waals surface area contributed by atoms with E-state index in [1.54, 1.807) is 6.21 Å². The van der Waals surface area contributed by atoms with Crippen LogP contribution in [0.15, 0.2) is 35.6 Å². The van der Waals surface area contributed by atoms with E-state index in [2.05, 4.69) is 10.1 Å². The summed E-state index contributed by atoms with van der Waals surface area (Å²) in [6.45, 7) is 0. The highest BCUT2D eigenvalue weighted by atomic mass is 16.6. The highest BCUT2D eigenvalue weighted by molar-refractivity contribution is 5.94. The fraction of sp³-hybridized carbons (Fsp3) is 0. The van der Waals surface area contributed by atoms with Crippen molar-refractivity contribution in [2.24, 2.45) is 5.16 Å². The van der Waals surface area contributed by atoms with Gasteiger partial charge < -0.3 is 9.82 Å². The Labute approximate surface area is 80.7 Å². The third-order valence-electron chi connectivity index (χ3n) is 2.30. The summed E-state index contributed by atoms with van der Waals surface area (Å²) in [5.74, 6) is 0.794. The number of oxime groups is 1. The summed E-state index contributed by atoms with van der Waals surface area (Å²) in [6, 6.07) is 5.94. The summed E-state index contributed by atoms with van der Waals surface area (Å²) in [7, 11) is 0. The van der Waals surface area contributed by atoms with Gasteiger partial charge in [0.15, 0.2) is 5.75 Å². The molecule has 1 aliphatic rings. The second kappa shape index (κ2) is 2.73. The van der Waals surface area contributed by atoms with Gasteiger partial charge in [0.25, 0.3) is 0 Å². The Balaban J connectivity index is 2.38. The van der Waals surface area contributed by atoms with Crippen LogP contribution in [0.4, 0.5) is 0 Å². The lowest BCUT2D eigenvalue weighted by Crippen LogP contribution is -1.85. The molecule has 1 aliphatic heterocycles. The maximum Gasteiger partial charge on any atom is 0.165 e. The van der Waals surface area contributed by atoms with E-state index in [1.807, 2.05) is 36.5 Å². The maximum atomic E-state index is 5.22. The number of benzene rings is 1. The molecule has 3 heteroatoms. The topological polar surface area (TPSA) is 37.4 Å². The third-order valence-corrected chi connectivity index (χ3v) is 2.30. The van der Waals surface area contributed by atoms with E-state index < -0.39 is 0 Å². The molecule has 0 atom stereocenters. The number of nitrogens with one attached hydrogen (secondary N) is 1. The number of hydrogen-bond acceptors (Lipinski definition) is 2. The van der Waals surface area contributed by atoms with Crippen LogP contribution in [0.25, 0.3) is 17.0 Å². The summed E-state index contributed by atoms with van der Waals surface area (Å²) in [6.07, 6.45) is 7.43. The van der Waals surface area contributed by atoms with Crippen molar-refractivity contribution in [3.8, 4) is 5.75 Å². The first kappa shape index (κ1) is 7.38. The molecule has 1 aromatic carbocycles. The molecule has 0 saturated heterocycles. The lowest BCUT2D eigenvalue weighted by molar-refractivity contribution is 0.344. The van der Waals surface area contributed by atoms with Crippen molar-refractivity contribution in [2.75, 3.05) is 0 Å². The number of fused-ring (bicyclic) bond motifs is 3. The van der Waals surface area contributed by atoms with Crippen LogP contribution in [0.3, 0.4) is 0 Å². The summed E-state index contributed by atoms with van der Waals surface area (Å²) in [5.41, 5.74) is 2.18. The van der Waals surface area contributed by atoms with Gasteiger partial charge in [-0.05, 0) is 30.4 Å². The minimum absolute atomic E-state index is 0.794. The van der Waals surface area contributed by atoms with Gasteiger partial charge in [-0.25, -0.2) is 0 Å². The number of nitrogens with zero attached hydrogens (tertiary/aromatic N) is 1. The molecule has 0 aliphatic carbocycles. The van der Waals surface area contributed by atoms with Crippen molar-refractivity contribution in [3.05, 3.63) is 36.0 Å². The molecule has 0 spiro atoms. The van der Waals surface area contributed by atoms with Crippen LogP contribution in [0, 0.1) is 0 Å². The first-order chi connectivity index (χ1) is 6.95. The first-order valence-corrected chi connectivity index (χ1v) is 4.42. The Kier molecular flexibility index (Phi) is 1.44. The summed E-state index contributed by atoms with van der Waals surface area (Å²) in [4.78, 5) is 8.38. The van der Waals surface area contributed by atoms with E-state index in [4.69, 9.17) is 4.84 Å². The Morgan fingerprint density at radius 3 is 3.21 bits per heavy atom. The number of H-pyrrole nitrogens is 1. The van der Waals surface area contributed by atoms with Crippen molar-refractivity contribution in [1.29, 1.82) is 0 Å². The molecular formula is C11H8N2O. The SMILES string of the molecule is C1=Cc2c(ccc3[nH]ccc23)ON=C1. The molecule has 0 fully saturated rings. The van der Waals surface area contributed by atoms with Gasteiger partial charge in [-0.15, -0.1) is 0 Å². The van der Waals surface area contributed by atoms with Gasteiger partial charge in [0.1, 0.15) is 0 Å². The first-order valence-electron chi connectivity index (χ1n) is 4.42. The monoisotopic (exact) mass is 184 g/mol. The molecule has 3 rings (SSSR count). The predicted molar refractivity (Wildman–Crippen MR) is 56.5 cm³/mol. The van der Waals surface area contributed by atoms with E-state index >= 15 is 0 Å². The molecule has 0 bridgehead atoms. The molecule has 2 heterocycles. The highest BCUT2D eigenvalue weighted by Gasteiger charge is 2.08. The van der Waals surface area contributed by atoms with Crippen LogP contribution in [-0.2, 0) is 0 Å². The van der Waals surface area contributed by atoms with E-state index in [1.165, 1.54) is 0 Å². The number of hydrogen-bond donors (Lipinski definition) is 1. The number of aromatic amines is 1. The van der Waals surface area contributed by atoms with E-state index in [9.17, 15) is 0 Å². The molecule has 2 aromatic rings. The second-order valence-corrected chi connectivity index (χ2v) is 3.12. The summed E-state index contributed by atoms with van der Waals surface area (Å²) in [5, 5.41) is 4.94. The van der Waals surface area contributed by atoms with Crippen LogP contribution in [0.2, 0.25) is 0 Å². The van der Waals surface area contributed by atoms with Gasteiger partial charge in [-0.3, -0.25) is 0 Å². The maximum absolute atomic E-state index is 5.22. The van der Waals surface area contributed by atoms with Crippen molar-refractivity contribution in [1.82, 2.24) is 4.98 Å². The molecule has 0 radical (unpaired) electrons. The summed E-state index contributed by atoms with van der Waals surface area (Å²) < 4.78 is 0. The lowest BCUT2D eigenvalue weighted by Gasteiger charge is -2.02. The van der Waals surface area contributed by atoms with E-state index in [-0.39, 0.29) is 0 Å². The Morgan fingerprint density at radius 1 is 1.21 bits per heavy atom. The number of rotatable bonds is 0. The molecule has 1 N–H and O–H groups in total. The van der Waals surface area contributed by atoms with Gasteiger partial charge in [-0.2, -0.15) is 0 Å². The lowest BCUT2D eigenvalue weighted by atomic mass is 10.1. The zero-order valence-electron chi connectivity index (χ0n) is 7.40. The molecular weight excluding hydrogens is 176 g/mol. The smallest absolute Gasteiger partial charge is 0.165 e. The number of allylic oxidation sites excluding steroid dienone is 1. The molecule has 1 aromatic heterocycles. The predicted octanol–water partition coefficient (Wildman–Crippen LogP) is 2.56. The normalized spacial score (nSPS) is 13.7. The van der Waals surface area contributed by atoms with Gasteiger partial charge in [0.2, 0.25) is 0 Å². The van der Waals surface area contributed by atoms with Gasteiger partial charge in [0.05, 0.1) is 6.21 Å². The van der Waals surface area contributed by atoms with E-state index in [0.29, 0.717) is 0 Å². The minimum Gasteiger partial charge on any atom is -0.361 e. The van der Waals surface area contributed by atoms with Crippen LogP contribution in [-0.4, -0.2) is 11.2 Å². The van der Waals surface area contributed by atoms with Crippen molar-refractivity contribution >= 4 is 23.2 Å². The zero-order chi connectivity index (χ0) is 9.38. The molecule has 14 heavy (non-hydrogen) atoms. The fourth-order valence-corrected chi connectivity index (χ4v) is 1.65. The molecule has 68 valence electrons. The van der Waals surface area contributed by atoms with Crippen LogP contribution in [0.5, 0.6) is 5.75 Å². The Hall–Kier alpha value is -2.03. The third kappa shape index (κ3) is 0.956. The van der Waals surface area contributed by atoms with Crippen molar-refractivity contribution < 1.29 is 4.84 Å². The Bertz CT molecular complexity index is 537. The minimum atomic E-state index is 0.794. The summed E-state index contributed by atoms with van der Waals surface area (Å²) >= 11 is 0. The van der Waals surface area contributed by atoms with Gasteiger partial charge in [-0.1, -0.05) is 5.16 Å².